The molecule has 29 heavy (non-hydrogen) atoms. The van der Waals surface area contributed by atoms with Crippen molar-refractivity contribution < 1.29 is 9.90 Å². The molecule has 0 aliphatic carbocycles. The van der Waals surface area contributed by atoms with E-state index in [0.29, 0.717) is 0 Å². The summed E-state index contributed by atoms with van der Waals surface area (Å²) < 4.78 is 0. The van der Waals surface area contributed by atoms with Crippen molar-refractivity contribution in [2.75, 3.05) is 23.7 Å². The number of aliphatic carboxylic acids is 1. The number of rotatable bonds is 8. The maximum absolute atomic E-state index is 10.9. The molecule has 0 bridgehead atoms. The number of carboxylic acid groups (broad SMARTS) is 1. The van der Waals surface area contributed by atoms with Gasteiger partial charge in [0.25, 0.3) is 0 Å². The number of thiophene rings is 1. The second-order valence-corrected chi connectivity index (χ2v) is 8.11. The minimum atomic E-state index is -0.787. The molecule has 3 heterocycles. The van der Waals surface area contributed by atoms with Crippen LogP contribution in [0.25, 0.3) is 0 Å². The van der Waals surface area contributed by atoms with Crippen molar-refractivity contribution >= 4 is 28.8 Å². The average molecular weight is 409 g/mol. The van der Waals surface area contributed by atoms with E-state index in [4.69, 9.17) is 5.11 Å². The van der Waals surface area contributed by atoms with Crippen molar-refractivity contribution in [1.82, 2.24) is 10.3 Å². The maximum atomic E-state index is 10.9. The zero-order valence-corrected chi connectivity index (χ0v) is 16.8. The van der Waals surface area contributed by atoms with Gasteiger partial charge in [0.1, 0.15) is 5.82 Å². The predicted molar refractivity (Wildman–Crippen MR) is 117 cm³/mol. The second-order valence-electron chi connectivity index (χ2n) is 7.12. The van der Waals surface area contributed by atoms with Crippen LogP contribution in [0.3, 0.4) is 0 Å². The number of fused-ring (bicyclic) bond motifs is 1. The zero-order valence-electron chi connectivity index (χ0n) is 16.0. The van der Waals surface area contributed by atoms with E-state index in [0.717, 1.165) is 35.9 Å². The quantitative estimate of drug-likeness (QED) is 0.456. The van der Waals surface area contributed by atoms with E-state index in [1.165, 1.54) is 22.5 Å². The highest BCUT2D eigenvalue weighted by Crippen LogP contribution is 2.28. The Morgan fingerprint density at radius 3 is 2.97 bits per heavy atom. The molecule has 7 heteroatoms. The Bertz CT molecular complexity index is 960. The Balaban J connectivity index is 1.43. The first kappa shape index (κ1) is 19.4. The summed E-state index contributed by atoms with van der Waals surface area (Å²) in [7, 11) is 0. The fourth-order valence-electron chi connectivity index (χ4n) is 3.63. The van der Waals surface area contributed by atoms with Crippen LogP contribution >= 0.6 is 11.3 Å². The molecular formula is C22H24N4O2S. The molecule has 6 nitrogen and oxygen atoms in total. The summed E-state index contributed by atoms with van der Waals surface area (Å²) in [5, 5.41) is 21.7. The summed E-state index contributed by atoms with van der Waals surface area (Å²) in [5.74, 6) is 0.0908. The fourth-order valence-corrected chi connectivity index (χ4v) is 4.55. The molecule has 4 rings (SSSR count). The monoisotopic (exact) mass is 408 g/mol. The third-order valence-electron chi connectivity index (χ3n) is 5.01. The molecule has 2 aromatic heterocycles. The lowest BCUT2D eigenvalue weighted by Gasteiger charge is -2.34. The molecule has 150 valence electrons. The summed E-state index contributed by atoms with van der Waals surface area (Å²) in [4.78, 5) is 16.2. The lowest BCUT2D eigenvalue weighted by molar-refractivity contribution is -0.136. The fraction of sp³-hybridized carbons (Fsp3) is 0.273. The zero-order chi connectivity index (χ0) is 20.1. The predicted octanol–water partition coefficient (Wildman–Crippen LogP) is 3.55. The Morgan fingerprint density at radius 1 is 1.28 bits per heavy atom. The molecule has 0 fully saturated rings. The number of pyridine rings is 1. The third kappa shape index (κ3) is 4.93. The largest absolute Gasteiger partial charge is 0.481 e. The van der Waals surface area contributed by atoms with Gasteiger partial charge in [-0.15, -0.1) is 11.3 Å². The van der Waals surface area contributed by atoms with Crippen LogP contribution in [0.1, 0.15) is 22.0 Å². The minimum Gasteiger partial charge on any atom is -0.481 e. The van der Waals surface area contributed by atoms with Gasteiger partial charge in [0.15, 0.2) is 0 Å². The highest BCUT2D eigenvalue weighted by Gasteiger charge is 2.27. The number of nitrogens with zero attached hydrogens (tertiary/aromatic N) is 1. The maximum Gasteiger partial charge on any atom is 0.308 e. The first-order valence-electron chi connectivity index (χ1n) is 9.71. The number of hydrogen-bond acceptors (Lipinski definition) is 6. The number of anilines is 2. The van der Waals surface area contributed by atoms with E-state index < -0.39 is 5.97 Å². The molecule has 1 aliphatic heterocycles. The van der Waals surface area contributed by atoms with Gasteiger partial charge in [-0.25, -0.2) is 4.98 Å². The number of nitrogens with one attached hydrogen (secondary N) is 3. The van der Waals surface area contributed by atoms with Crippen LogP contribution in [-0.4, -0.2) is 35.2 Å². The third-order valence-corrected chi connectivity index (χ3v) is 6.00. The molecule has 0 unspecified atom stereocenters. The van der Waals surface area contributed by atoms with E-state index >= 15 is 0 Å². The number of carboxylic acids is 1. The van der Waals surface area contributed by atoms with Crippen molar-refractivity contribution in [1.29, 1.82) is 0 Å². The molecular weight excluding hydrogens is 384 g/mol. The Hall–Kier alpha value is -2.90. The molecule has 4 N–H and O–H groups in total. The second kappa shape index (κ2) is 9.07. The summed E-state index contributed by atoms with van der Waals surface area (Å²) in [6.45, 7) is 1.60. The van der Waals surface area contributed by atoms with Gasteiger partial charge in [-0.3, -0.25) is 4.79 Å². The van der Waals surface area contributed by atoms with Gasteiger partial charge in [0, 0.05) is 17.6 Å². The normalized spacial score (nSPS) is 16.3. The first-order chi connectivity index (χ1) is 14.2. The molecule has 1 aliphatic rings. The highest BCUT2D eigenvalue weighted by molar-refractivity contribution is 7.10. The molecule has 0 spiro atoms. The minimum absolute atomic E-state index is 0.0921. The summed E-state index contributed by atoms with van der Waals surface area (Å²) in [6.07, 6.45) is 2.75. The van der Waals surface area contributed by atoms with Gasteiger partial charge in [0.2, 0.25) is 0 Å². The van der Waals surface area contributed by atoms with Crippen molar-refractivity contribution in [2.45, 2.75) is 24.9 Å². The van der Waals surface area contributed by atoms with Crippen molar-refractivity contribution in [3.63, 3.8) is 0 Å². The lowest BCUT2D eigenvalue weighted by atomic mass is 9.97. The van der Waals surface area contributed by atoms with Crippen molar-refractivity contribution in [2.24, 2.45) is 0 Å². The molecule has 1 aromatic carbocycles. The van der Waals surface area contributed by atoms with Crippen LogP contribution in [0.2, 0.25) is 0 Å². The first-order valence-corrected chi connectivity index (χ1v) is 10.6. The topological polar surface area (TPSA) is 86.3 Å². The summed E-state index contributed by atoms with van der Waals surface area (Å²) in [6, 6.07) is 16.7. The number of carbonyl (C=O) groups is 1. The molecule has 0 saturated heterocycles. The van der Waals surface area contributed by atoms with Crippen LogP contribution in [0.5, 0.6) is 0 Å². The summed E-state index contributed by atoms with van der Waals surface area (Å²) >= 11 is 1.51. The van der Waals surface area contributed by atoms with Crippen LogP contribution in [0.15, 0.2) is 60.1 Å². The average Bonchev–Trinajstić information content (AvgIpc) is 3.18. The molecule has 0 amide bonds. The van der Waals surface area contributed by atoms with E-state index in [-0.39, 0.29) is 18.5 Å². The molecule has 0 radical (unpaired) electrons. The van der Waals surface area contributed by atoms with E-state index in [1.807, 2.05) is 24.3 Å². The highest BCUT2D eigenvalue weighted by atomic mass is 32.1. The van der Waals surface area contributed by atoms with E-state index in [9.17, 15) is 4.79 Å². The Morgan fingerprint density at radius 2 is 2.14 bits per heavy atom. The number of aromatic nitrogens is 1. The Labute approximate surface area is 174 Å². The van der Waals surface area contributed by atoms with Crippen molar-refractivity contribution in [3.05, 3.63) is 76.1 Å². The summed E-state index contributed by atoms with van der Waals surface area (Å²) in [5.41, 5.74) is 3.43. The standard InChI is InChI=1S/C22H24N4O2S/c27-20(28)12-17-11-15(14-29-17)8-10-23-21(16-5-2-1-3-6-16)19-13-25-18-7-4-9-24-22(18)26-19/h1-7,9,11,14,19,21,23,25H,8,10,12-13H2,(H,24,26)(H,27,28)/t19-,21-/m1/s1. The van der Waals surface area contributed by atoms with Crippen LogP contribution in [-0.2, 0) is 17.6 Å². The Kier molecular flexibility index (Phi) is 6.07. The van der Waals surface area contributed by atoms with Gasteiger partial charge < -0.3 is 21.1 Å². The van der Waals surface area contributed by atoms with Crippen LogP contribution in [0, 0.1) is 0 Å². The van der Waals surface area contributed by atoms with Gasteiger partial charge in [-0.05, 0) is 47.7 Å². The molecule has 2 atom stereocenters. The van der Waals surface area contributed by atoms with E-state index in [2.05, 4.69) is 50.6 Å². The van der Waals surface area contributed by atoms with Crippen molar-refractivity contribution in [3.8, 4) is 0 Å². The number of benzene rings is 1. The molecule has 0 saturated carbocycles. The van der Waals surface area contributed by atoms with E-state index in [1.54, 1.807) is 6.20 Å². The van der Waals surface area contributed by atoms with Gasteiger partial charge in [-0.2, -0.15) is 0 Å². The van der Waals surface area contributed by atoms with Gasteiger partial charge in [0.05, 0.1) is 24.2 Å². The van der Waals surface area contributed by atoms with Crippen LogP contribution in [0.4, 0.5) is 11.5 Å². The van der Waals surface area contributed by atoms with Gasteiger partial charge in [-0.1, -0.05) is 30.3 Å². The lowest BCUT2D eigenvalue weighted by Crippen LogP contribution is -2.44. The van der Waals surface area contributed by atoms with Crippen LogP contribution < -0.4 is 16.0 Å². The smallest absolute Gasteiger partial charge is 0.308 e. The SMILES string of the molecule is O=C(O)Cc1cc(CCN[C@H](c2ccccc2)[C@H]2CNc3cccnc3N2)cs1. The molecule has 3 aromatic rings. The number of hydrogen-bond donors (Lipinski definition) is 4. The van der Waals surface area contributed by atoms with Gasteiger partial charge >= 0.3 is 5.97 Å².